The van der Waals surface area contributed by atoms with E-state index in [-0.39, 0.29) is 17.7 Å². The van der Waals surface area contributed by atoms with E-state index in [4.69, 9.17) is 11.6 Å². The number of benzene rings is 1. The lowest BCUT2D eigenvalue weighted by Gasteiger charge is -2.34. The van der Waals surface area contributed by atoms with Gasteiger partial charge in [0.1, 0.15) is 5.69 Å². The number of carbonyl (C=O) groups excluding carboxylic acids is 2. The van der Waals surface area contributed by atoms with Gasteiger partial charge in [0, 0.05) is 41.5 Å². The lowest BCUT2D eigenvalue weighted by Crippen LogP contribution is -2.42. The number of halogens is 1. The highest BCUT2D eigenvalue weighted by Gasteiger charge is 2.30. The van der Waals surface area contributed by atoms with Gasteiger partial charge in [-0.1, -0.05) is 31.9 Å². The van der Waals surface area contributed by atoms with E-state index in [1.807, 2.05) is 36.1 Å². The van der Waals surface area contributed by atoms with Gasteiger partial charge in [0.15, 0.2) is 0 Å². The van der Waals surface area contributed by atoms with E-state index in [1.54, 1.807) is 0 Å². The molecule has 1 aromatic carbocycles. The highest BCUT2D eigenvalue weighted by Crippen LogP contribution is 2.27. The summed E-state index contributed by atoms with van der Waals surface area (Å²) in [6, 6.07) is 7.42. The molecule has 0 bridgehead atoms. The molecular weight excluding hydrogens is 362 g/mol. The van der Waals surface area contributed by atoms with Crippen molar-refractivity contribution < 1.29 is 9.59 Å². The second-order valence-electron chi connectivity index (χ2n) is 7.48. The van der Waals surface area contributed by atoms with Crippen LogP contribution in [0.3, 0.4) is 0 Å². The lowest BCUT2D eigenvalue weighted by molar-refractivity contribution is -0.126. The smallest absolute Gasteiger partial charge is 0.270 e. The number of likely N-dealkylation sites (tertiary alicyclic amines) is 1. The van der Waals surface area contributed by atoms with Crippen molar-refractivity contribution in [3.8, 4) is 0 Å². The number of aromatic amines is 1. The van der Waals surface area contributed by atoms with Crippen molar-refractivity contribution in [1.82, 2.24) is 15.2 Å². The summed E-state index contributed by atoms with van der Waals surface area (Å²) in [7, 11) is 0. The van der Waals surface area contributed by atoms with Gasteiger partial charge in [-0.15, -0.1) is 0 Å². The van der Waals surface area contributed by atoms with Crippen LogP contribution in [0.15, 0.2) is 24.3 Å². The molecule has 0 saturated carbocycles. The number of rotatable bonds is 6. The third-order valence-electron chi connectivity index (χ3n) is 5.59. The van der Waals surface area contributed by atoms with Gasteiger partial charge in [0.25, 0.3) is 5.91 Å². The standard InChI is InChI=1S/C21H28ClN3O2/c1-3-4-9-23-20(26)14(2)15-7-10-25(11-8-15)21(27)19-13-16-12-17(22)5-6-18(16)24-19/h5-6,12-15,24H,3-4,7-11H2,1-2H3,(H,23,26)/t14-/m0/s1. The molecule has 1 fully saturated rings. The molecule has 1 aromatic heterocycles. The molecule has 0 radical (unpaired) electrons. The summed E-state index contributed by atoms with van der Waals surface area (Å²) >= 11 is 6.03. The van der Waals surface area contributed by atoms with Crippen molar-refractivity contribution in [2.75, 3.05) is 19.6 Å². The molecule has 1 atom stereocenters. The molecule has 5 nitrogen and oxygen atoms in total. The molecule has 2 heterocycles. The quantitative estimate of drug-likeness (QED) is 0.726. The predicted octanol–water partition coefficient (Wildman–Crippen LogP) is 4.23. The second kappa shape index (κ2) is 8.79. The average molecular weight is 390 g/mol. The topological polar surface area (TPSA) is 65.2 Å². The Morgan fingerprint density at radius 2 is 2.04 bits per heavy atom. The van der Waals surface area contributed by atoms with Gasteiger partial charge in [0.2, 0.25) is 5.91 Å². The summed E-state index contributed by atoms with van der Waals surface area (Å²) in [5.41, 5.74) is 1.51. The van der Waals surface area contributed by atoms with Gasteiger partial charge in [0.05, 0.1) is 0 Å². The number of hydrogen-bond donors (Lipinski definition) is 2. The van der Waals surface area contributed by atoms with Crippen LogP contribution >= 0.6 is 11.6 Å². The van der Waals surface area contributed by atoms with Crippen LogP contribution in [0.1, 0.15) is 50.0 Å². The highest BCUT2D eigenvalue weighted by molar-refractivity contribution is 6.31. The number of carbonyl (C=O) groups is 2. The predicted molar refractivity (Wildman–Crippen MR) is 109 cm³/mol. The molecule has 1 saturated heterocycles. The summed E-state index contributed by atoms with van der Waals surface area (Å²) in [5, 5.41) is 4.63. The first-order valence-corrected chi connectivity index (χ1v) is 10.2. The molecule has 0 aliphatic carbocycles. The minimum Gasteiger partial charge on any atom is -0.356 e. The third-order valence-corrected chi connectivity index (χ3v) is 5.83. The number of fused-ring (bicyclic) bond motifs is 1. The summed E-state index contributed by atoms with van der Waals surface area (Å²) in [6.07, 6.45) is 3.82. The van der Waals surface area contributed by atoms with E-state index >= 15 is 0 Å². The van der Waals surface area contributed by atoms with Crippen LogP contribution < -0.4 is 5.32 Å². The van der Waals surface area contributed by atoms with Crippen molar-refractivity contribution in [2.45, 2.75) is 39.5 Å². The molecular formula is C21H28ClN3O2. The summed E-state index contributed by atoms with van der Waals surface area (Å²) in [6.45, 7) is 6.24. The Morgan fingerprint density at radius 3 is 2.74 bits per heavy atom. The Bertz CT molecular complexity index is 809. The summed E-state index contributed by atoms with van der Waals surface area (Å²) in [4.78, 5) is 30.2. The summed E-state index contributed by atoms with van der Waals surface area (Å²) in [5.74, 6) is 0.480. The zero-order valence-corrected chi connectivity index (χ0v) is 16.8. The van der Waals surface area contributed by atoms with Crippen LogP contribution in [0, 0.1) is 11.8 Å². The van der Waals surface area contributed by atoms with Crippen LogP contribution in [0.25, 0.3) is 10.9 Å². The number of H-pyrrole nitrogens is 1. The van der Waals surface area contributed by atoms with Crippen LogP contribution in [0.5, 0.6) is 0 Å². The van der Waals surface area contributed by atoms with Gasteiger partial charge in [-0.3, -0.25) is 9.59 Å². The maximum Gasteiger partial charge on any atom is 0.270 e. The fourth-order valence-corrected chi connectivity index (χ4v) is 3.94. The molecule has 0 spiro atoms. The first kappa shape index (κ1) is 19.7. The molecule has 1 aliphatic rings. The maximum atomic E-state index is 12.8. The van der Waals surface area contributed by atoms with Gasteiger partial charge in [-0.25, -0.2) is 0 Å². The van der Waals surface area contributed by atoms with Gasteiger partial charge in [-0.2, -0.15) is 0 Å². The Hall–Kier alpha value is -2.01. The minimum atomic E-state index is -0.00525. The van der Waals surface area contributed by atoms with Gasteiger partial charge >= 0.3 is 0 Å². The van der Waals surface area contributed by atoms with Crippen LogP contribution in [0.2, 0.25) is 5.02 Å². The largest absolute Gasteiger partial charge is 0.356 e. The molecule has 2 aromatic rings. The second-order valence-corrected chi connectivity index (χ2v) is 7.91. The number of piperidine rings is 1. The Labute approximate surface area is 165 Å². The minimum absolute atomic E-state index is 0.00525. The van der Waals surface area contributed by atoms with Crippen molar-refractivity contribution >= 4 is 34.3 Å². The van der Waals surface area contributed by atoms with Crippen molar-refractivity contribution in [3.05, 3.63) is 35.0 Å². The lowest BCUT2D eigenvalue weighted by atomic mass is 9.84. The van der Waals surface area contributed by atoms with E-state index in [9.17, 15) is 9.59 Å². The zero-order valence-electron chi connectivity index (χ0n) is 16.1. The SMILES string of the molecule is CCCCNC(=O)[C@@H](C)C1CCN(C(=O)c2cc3cc(Cl)ccc3[nH]2)CC1. The molecule has 1 aliphatic heterocycles. The highest BCUT2D eigenvalue weighted by atomic mass is 35.5. The number of nitrogens with zero attached hydrogens (tertiary/aromatic N) is 1. The van der Waals surface area contributed by atoms with E-state index in [0.717, 1.165) is 43.1 Å². The third kappa shape index (κ3) is 4.64. The molecule has 27 heavy (non-hydrogen) atoms. The van der Waals surface area contributed by atoms with Crippen LogP contribution in [-0.2, 0) is 4.79 Å². The molecule has 2 N–H and O–H groups in total. The van der Waals surface area contributed by atoms with Gasteiger partial charge in [-0.05, 0) is 49.4 Å². The van der Waals surface area contributed by atoms with E-state index in [1.165, 1.54) is 0 Å². The molecule has 146 valence electrons. The van der Waals surface area contributed by atoms with Crippen LogP contribution in [-0.4, -0.2) is 41.3 Å². The zero-order chi connectivity index (χ0) is 19.4. The first-order valence-electron chi connectivity index (χ1n) is 9.85. The molecule has 6 heteroatoms. The fourth-order valence-electron chi connectivity index (χ4n) is 3.76. The molecule has 2 amide bonds. The fraction of sp³-hybridized carbons (Fsp3) is 0.524. The monoisotopic (exact) mass is 389 g/mol. The number of amides is 2. The van der Waals surface area contributed by atoms with Crippen LogP contribution in [0.4, 0.5) is 0 Å². The number of nitrogens with one attached hydrogen (secondary N) is 2. The average Bonchev–Trinajstić information content (AvgIpc) is 3.10. The Morgan fingerprint density at radius 1 is 1.30 bits per heavy atom. The Kier molecular flexibility index (Phi) is 6.42. The number of aromatic nitrogens is 1. The van der Waals surface area contributed by atoms with E-state index in [0.29, 0.717) is 29.7 Å². The molecule has 0 unspecified atom stereocenters. The van der Waals surface area contributed by atoms with Crippen molar-refractivity contribution in [3.63, 3.8) is 0 Å². The van der Waals surface area contributed by atoms with E-state index < -0.39 is 0 Å². The molecule has 3 rings (SSSR count). The van der Waals surface area contributed by atoms with Crippen molar-refractivity contribution in [2.24, 2.45) is 11.8 Å². The van der Waals surface area contributed by atoms with Gasteiger partial charge < -0.3 is 15.2 Å². The normalized spacial score (nSPS) is 16.5. The maximum absolute atomic E-state index is 12.8. The summed E-state index contributed by atoms with van der Waals surface area (Å²) < 4.78 is 0. The number of hydrogen-bond acceptors (Lipinski definition) is 2. The first-order chi connectivity index (χ1) is 13.0. The Balaban J connectivity index is 1.56. The van der Waals surface area contributed by atoms with E-state index in [2.05, 4.69) is 17.2 Å². The number of unbranched alkanes of at least 4 members (excludes halogenated alkanes) is 1. The van der Waals surface area contributed by atoms with Crippen molar-refractivity contribution in [1.29, 1.82) is 0 Å².